The number of aliphatic hydroxyl groups excluding tert-OH is 1. The Kier molecular flexibility index (Phi) is 7.95. The molecule has 0 atom stereocenters. The molecule has 0 radical (unpaired) electrons. The summed E-state index contributed by atoms with van der Waals surface area (Å²) in [4.78, 5) is 16.7. The smallest absolute Gasteiger partial charge is 0.273 e. The molecule has 0 fully saturated rings. The zero-order valence-corrected chi connectivity index (χ0v) is 17.0. The van der Waals surface area contributed by atoms with Crippen LogP contribution in [0.25, 0.3) is 0 Å². The number of ether oxygens (including phenoxy) is 3. The van der Waals surface area contributed by atoms with Gasteiger partial charge in [0.1, 0.15) is 19.0 Å². The minimum atomic E-state index is -0.385. The predicted octanol–water partition coefficient (Wildman–Crippen LogP) is 2.06. The van der Waals surface area contributed by atoms with E-state index in [-0.39, 0.29) is 24.3 Å². The van der Waals surface area contributed by atoms with Gasteiger partial charge in [0.15, 0.2) is 0 Å². The molecule has 2 heterocycles. The van der Waals surface area contributed by atoms with Gasteiger partial charge in [-0.05, 0) is 40.2 Å². The number of aliphatic hydroxyl groups is 1. The van der Waals surface area contributed by atoms with Gasteiger partial charge in [0.25, 0.3) is 5.56 Å². The first kappa shape index (κ1) is 21.8. The van der Waals surface area contributed by atoms with E-state index in [0.717, 1.165) is 5.56 Å². The van der Waals surface area contributed by atoms with Gasteiger partial charge in [-0.2, -0.15) is 5.10 Å². The van der Waals surface area contributed by atoms with Crippen molar-refractivity contribution in [2.24, 2.45) is 0 Å². The summed E-state index contributed by atoms with van der Waals surface area (Å²) >= 11 is 0. The van der Waals surface area contributed by atoms with Crippen LogP contribution in [-0.2, 0) is 16.9 Å². The summed E-state index contributed by atoms with van der Waals surface area (Å²) in [6.45, 7) is 9.27. The lowest BCUT2D eigenvalue weighted by atomic mass is 10.1. The Hall–Kier alpha value is -2.45. The van der Waals surface area contributed by atoms with E-state index in [0.29, 0.717) is 43.4 Å². The van der Waals surface area contributed by atoms with Crippen LogP contribution in [0.4, 0.5) is 0 Å². The van der Waals surface area contributed by atoms with Gasteiger partial charge in [0.2, 0.25) is 5.88 Å². The number of pyridine rings is 1. The van der Waals surface area contributed by atoms with Crippen molar-refractivity contribution in [3.05, 3.63) is 46.0 Å². The molecular weight excluding hydrogens is 362 g/mol. The Morgan fingerprint density at radius 2 is 1.89 bits per heavy atom. The fraction of sp³-hybridized carbons (Fsp3) is 0.550. The maximum atomic E-state index is 12.4. The van der Waals surface area contributed by atoms with Crippen LogP contribution in [0.15, 0.2) is 29.3 Å². The standard InChI is InChI=1S/C20H29N3O5/c1-15-17(13-22-23(19(15)25)20(2,3)4)28-14-16-6-7-18(21-12-16)27-11-10-26-9-5-8-24/h6-7,12-13,24H,5,8-11,14H2,1-4H3. The maximum Gasteiger partial charge on any atom is 0.273 e. The summed E-state index contributed by atoms with van der Waals surface area (Å²) < 4.78 is 18.0. The molecule has 8 heteroatoms. The molecule has 28 heavy (non-hydrogen) atoms. The van der Waals surface area contributed by atoms with Gasteiger partial charge in [-0.1, -0.05) is 0 Å². The fourth-order valence-corrected chi connectivity index (χ4v) is 2.36. The van der Waals surface area contributed by atoms with Crippen LogP contribution in [-0.4, -0.2) is 46.3 Å². The number of hydrogen-bond acceptors (Lipinski definition) is 7. The van der Waals surface area contributed by atoms with Crippen molar-refractivity contribution in [2.45, 2.75) is 46.3 Å². The predicted molar refractivity (Wildman–Crippen MR) is 105 cm³/mol. The number of hydrogen-bond donors (Lipinski definition) is 1. The first-order valence-electron chi connectivity index (χ1n) is 9.31. The second kappa shape index (κ2) is 10.2. The summed E-state index contributed by atoms with van der Waals surface area (Å²) in [7, 11) is 0. The molecule has 2 aromatic heterocycles. The molecule has 2 aromatic rings. The SMILES string of the molecule is Cc1c(OCc2ccc(OCCOCCCO)nc2)cnn(C(C)(C)C)c1=O. The first-order chi connectivity index (χ1) is 13.3. The van der Waals surface area contributed by atoms with E-state index < -0.39 is 0 Å². The Morgan fingerprint density at radius 3 is 2.54 bits per heavy atom. The van der Waals surface area contributed by atoms with Gasteiger partial charge >= 0.3 is 0 Å². The second-order valence-corrected chi connectivity index (χ2v) is 7.35. The van der Waals surface area contributed by atoms with Crippen LogP contribution < -0.4 is 15.0 Å². The third kappa shape index (κ3) is 6.31. The number of aromatic nitrogens is 3. The molecular formula is C20H29N3O5. The highest BCUT2D eigenvalue weighted by Gasteiger charge is 2.18. The van der Waals surface area contributed by atoms with E-state index in [1.54, 1.807) is 25.4 Å². The molecule has 0 bridgehead atoms. The fourth-order valence-electron chi connectivity index (χ4n) is 2.36. The highest BCUT2D eigenvalue weighted by Crippen LogP contribution is 2.17. The van der Waals surface area contributed by atoms with E-state index in [4.69, 9.17) is 19.3 Å². The van der Waals surface area contributed by atoms with Gasteiger partial charge in [0.05, 0.1) is 23.9 Å². The molecule has 2 rings (SSSR count). The van der Waals surface area contributed by atoms with E-state index in [1.165, 1.54) is 4.68 Å². The molecule has 154 valence electrons. The van der Waals surface area contributed by atoms with Gasteiger partial charge < -0.3 is 19.3 Å². The molecule has 8 nitrogen and oxygen atoms in total. The lowest BCUT2D eigenvalue weighted by Crippen LogP contribution is -2.37. The highest BCUT2D eigenvalue weighted by atomic mass is 16.5. The van der Waals surface area contributed by atoms with Gasteiger partial charge in [0, 0.05) is 31.0 Å². The summed E-state index contributed by atoms with van der Waals surface area (Å²) in [5.74, 6) is 0.964. The molecule has 0 saturated heterocycles. The first-order valence-corrected chi connectivity index (χ1v) is 9.31. The van der Waals surface area contributed by atoms with Gasteiger partial charge in [-0.15, -0.1) is 0 Å². The van der Waals surface area contributed by atoms with Gasteiger partial charge in [-0.3, -0.25) is 4.79 Å². The lowest BCUT2D eigenvalue weighted by molar-refractivity contribution is 0.0870. The molecule has 0 spiro atoms. The number of rotatable bonds is 10. The van der Waals surface area contributed by atoms with Crippen molar-refractivity contribution in [1.29, 1.82) is 0 Å². The van der Waals surface area contributed by atoms with Crippen LogP contribution in [0.3, 0.4) is 0 Å². The normalized spacial score (nSPS) is 11.5. The molecule has 0 aliphatic heterocycles. The lowest BCUT2D eigenvalue weighted by Gasteiger charge is -2.21. The average Bonchev–Trinajstić information content (AvgIpc) is 2.65. The Bertz CT molecular complexity index is 797. The molecule has 1 N–H and O–H groups in total. The Morgan fingerprint density at radius 1 is 1.11 bits per heavy atom. The van der Waals surface area contributed by atoms with E-state index in [1.807, 2.05) is 26.8 Å². The third-order valence-corrected chi connectivity index (χ3v) is 3.92. The summed E-state index contributed by atoms with van der Waals surface area (Å²) in [5, 5.41) is 12.9. The zero-order chi connectivity index (χ0) is 20.6. The van der Waals surface area contributed by atoms with Crippen molar-refractivity contribution in [3.63, 3.8) is 0 Å². The third-order valence-electron chi connectivity index (χ3n) is 3.92. The van der Waals surface area contributed by atoms with Crippen LogP contribution >= 0.6 is 0 Å². The monoisotopic (exact) mass is 391 g/mol. The minimum Gasteiger partial charge on any atom is -0.487 e. The van der Waals surface area contributed by atoms with Crippen molar-refractivity contribution >= 4 is 0 Å². The summed E-state index contributed by atoms with van der Waals surface area (Å²) in [6.07, 6.45) is 3.86. The average molecular weight is 391 g/mol. The summed E-state index contributed by atoms with van der Waals surface area (Å²) in [6, 6.07) is 3.61. The molecule has 0 saturated carbocycles. The summed E-state index contributed by atoms with van der Waals surface area (Å²) in [5.41, 5.74) is 0.836. The maximum absolute atomic E-state index is 12.4. The van der Waals surface area contributed by atoms with E-state index in [2.05, 4.69) is 10.1 Å². The van der Waals surface area contributed by atoms with Crippen LogP contribution in [0.2, 0.25) is 0 Å². The molecule has 0 unspecified atom stereocenters. The minimum absolute atomic E-state index is 0.122. The molecule has 0 aromatic carbocycles. The zero-order valence-electron chi connectivity index (χ0n) is 17.0. The molecule has 0 aliphatic carbocycles. The van der Waals surface area contributed by atoms with Crippen LogP contribution in [0.5, 0.6) is 11.6 Å². The van der Waals surface area contributed by atoms with Crippen LogP contribution in [0, 0.1) is 6.92 Å². The largest absolute Gasteiger partial charge is 0.487 e. The Labute approximate surface area is 165 Å². The van der Waals surface area contributed by atoms with Crippen molar-refractivity contribution in [1.82, 2.24) is 14.8 Å². The highest BCUT2D eigenvalue weighted by molar-refractivity contribution is 5.27. The van der Waals surface area contributed by atoms with Gasteiger partial charge in [-0.25, -0.2) is 9.67 Å². The second-order valence-electron chi connectivity index (χ2n) is 7.35. The van der Waals surface area contributed by atoms with Crippen molar-refractivity contribution in [2.75, 3.05) is 26.4 Å². The number of nitrogens with zero attached hydrogens (tertiary/aromatic N) is 3. The molecule has 0 amide bonds. The van der Waals surface area contributed by atoms with E-state index >= 15 is 0 Å². The van der Waals surface area contributed by atoms with Crippen LogP contribution in [0.1, 0.15) is 38.3 Å². The quantitative estimate of drug-likeness (QED) is 0.619. The molecule has 0 aliphatic rings. The van der Waals surface area contributed by atoms with Crippen molar-refractivity contribution in [3.8, 4) is 11.6 Å². The topological polar surface area (TPSA) is 95.7 Å². The van der Waals surface area contributed by atoms with E-state index in [9.17, 15) is 4.79 Å². The Balaban J connectivity index is 1.86. The van der Waals surface area contributed by atoms with Crippen molar-refractivity contribution < 1.29 is 19.3 Å².